The van der Waals surface area contributed by atoms with Crippen molar-refractivity contribution >= 4 is 17.4 Å². The van der Waals surface area contributed by atoms with Crippen LogP contribution in [0.5, 0.6) is 0 Å². The van der Waals surface area contributed by atoms with Gasteiger partial charge in [0, 0.05) is 11.0 Å². The number of rotatable bonds is 3. The molecule has 0 aliphatic carbocycles. The van der Waals surface area contributed by atoms with Gasteiger partial charge in [-0.1, -0.05) is 0 Å². The van der Waals surface area contributed by atoms with Crippen molar-refractivity contribution in [1.29, 1.82) is 5.26 Å². The molecular formula is C11H7N3O3S. The summed E-state index contributed by atoms with van der Waals surface area (Å²) in [5.74, 6) is 0. The number of benzene rings is 1. The second kappa shape index (κ2) is 4.89. The Morgan fingerprint density at radius 2 is 2.33 bits per heavy atom. The van der Waals surface area contributed by atoms with E-state index >= 15 is 0 Å². The Balaban J connectivity index is 2.33. The number of aryl methyl sites for hydroxylation is 1. The van der Waals surface area contributed by atoms with Gasteiger partial charge in [0.2, 0.25) is 0 Å². The summed E-state index contributed by atoms with van der Waals surface area (Å²) in [6.45, 7) is 1.79. The summed E-state index contributed by atoms with van der Waals surface area (Å²) in [6.07, 6.45) is 1.50. The zero-order valence-electron chi connectivity index (χ0n) is 9.28. The van der Waals surface area contributed by atoms with E-state index in [1.54, 1.807) is 19.1 Å². The maximum Gasteiger partial charge on any atom is 0.288 e. The number of nitrogens with zero attached hydrogens (tertiary/aromatic N) is 3. The fourth-order valence-corrected chi connectivity index (χ4v) is 2.09. The molecule has 0 unspecified atom stereocenters. The minimum absolute atomic E-state index is 0.0351. The zero-order valence-corrected chi connectivity index (χ0v) is 10.1. The number of oxazole rings is 1. The molecule has 2 rings (SSSR count). The van der Waals surface area contributed by atoms with Crippen LogP contribution >= 0.6 is 11.8 Å². The molecule has 0 aliphatic heterocycles. The van der Waals surface area contributed by atoms with Gasteiger partial charge in [-0.25, -0.2) is 4.98 Å². The first-order valence-corrected chi connectivity index (χ1v) is 5.70. The summed E-state index contributed by atoms with van der Waals surface area (Å²) in [7, 11) is 0. The molecule has 0 radical (unpaired) electrons. The van der Waals surface area contributed by atoms with Gasteiger partial charge in [-0.15, -0.1) is 0 Å². The second-order valence-electron chi connectivity index (χ2n) is 3.40. The van der Waals surface area contributed by atoms with Crippen LogP contribution in [-0.2, 0) is 0 Å². The standard InChI is InChI=1S/C11H7N3O3S/c1-7-6-17-11(13-7)18-9-3-2-8(5-12)10(4-9)14(15)16/h2-4,6H,1H3. The molecule has 1 aromatic carbocycles. The van der Waals surface area contributed by atoms with Gasteiger partial charge in [0.25, 0.3) is 10.9 Å². The van der Waals surface area contributed by atoms with E-state index in [1.165, 1.54) is 30.2 Å². The monoisotopic (exact) mass is 261 g/mol. The predicted octanol–water partition coefficient (Wildman–Crippen LogP) is 2.91. The third-order valence-corrected chi connectivity index (χ3v) is 2.94. The van der Waals surface area contributed by atoms with E-state index in [9.17, 15) is 10.1 Å². The molecule has 2 aromatic rings. The molecule has 1 aromatic heterocycles. The quantitative estimate of drug-likeness (QED) is 0.623. The molecule has 7 heteroatoms. The van der Waals surface area contributed by atoms with E-state index in [2.05, 4.69) is 4.98 Å². The summed E-state index contributed by atoms with van der Waals surface area (Å²) in [5.41, 5.74) is 0.555. The van der Waals surface area contributed by atoms with Crippen LogP contribution in [-0.4, -0.2) is 9.91 Å². The third-order valence-electron chi connectivity index (χ3n) is 2.09. The molecule has 0 amide bonds. The van der Waals surface area contributed by atoms with Crippen LogP contribution in [0.15, 0.2) is 39.0 Å². The molecule has 0 aliphatic rings. The lowest BCUT2D eigenvalue weighted by Gasteiger charge is -1.98. The van der Waals surface area contributed by atoms with Crippen molar-refractivity contribution in [2.75, 3.05) is 0 Å². The SMILES string of the molecule is Cc1coc(Sc2ccc(C#N)c([N+](=O)[O-])c2)n1. The van der Waals surface area contributed by atoms with Gasteiger partial charge in [0.1, 0.15) is 17.9 Å². The molecule has 0 atom stereocenters. The normalized spacial score (nSPS) is 10.0. The smallest absolute Gasteiger partial charge is 0.288 e. The highest BCUT2D eigenvalue weighted by Crippen LogP contribution is 2.31. The van der Waals surface area contributed by atoms with Gasteiger partial charge in [-0.2, -0.15) is 5.26 Å². The van der Waals surface area contributed by atoms with Gasteiger partial charge in [0.05, 0.1) is 10.6 Å². The zero-order chi connectivity index (χ0) is 13.1. The van der Waals surface area contributed by atoms with Gasteiger partial charge >= 0.3 is 0 Å². The van der Waals surface area contributed by atoms with E-state index in [0.717, 1.165) is 5.69 Å². The number of hydrogen-bond donors (Lipinski definition) is 0. The van der Waals surface area contributed by atoms with Crippen LogP contribution < -0.4 is 0 Å². The topological polar surface area (TPSA) is 93.0 Å². The first-order valence-electron chi connectivity index (χ1n) is 4.88. The van der Waals surface area contributed by atoms with Gasteiger partial charge < -0.3 is 4.42 Å². The fraction of sp³-hybridized carbons (Fsp3) is 0.0909. The van der Waals surface area contributed by atoms with Crippen molar-refractivity contribution in [2.24, 2.45) is 0 Å². The highest BCUT2D eigenvalue weighted by molar-refractivity contribution is 7.99. The Labute approximate surface area is 106 Å². The molecule has 0 saturated carbocycles. The lowest BCUT2D eigenvalue weighted by Crippen LogP contribution is -1.92. The van der Waals surface area contributed by atoms with Crippen molar-refractivity contribution < 1.29 is 9.34 Å². The van der Waals surface area contributed by atoms with E-state index < -0.39 is 4.92 Å². The predicted molar refractivity (Wildman–Crippen MR) is 63.2 cm³/mol. The minimum Gasteiger partial charge on any atom is -0.439 e. The highest BCUT2D eigenvalue weighted by Gasteiger charge is 2.15. The Morgan fingerprint density at radius 1 is 1.56 bits per heavy atom. The molecule has 6 nitrogen and oxygen atoms in total. The number of nitro benzene ring substituents is 1. The average Bonchev–Trinajstić information content (AvgIpc) is 2.74. The Kier molecular flexibility index (Phi) is 3.30. The van der Waals surface area contributed by atoms with E-state index in [-0.39, 0.29) is 11.3 Å². The van der Waals surface area contributed by atoms with Crippen LogP contribution in [0, 0.1) is 28.4 Å². The van der Waals surface area contributed by atoms with Crippen molar-refractivity contribution in [3.8, 4) is 6.07 Å². The van der Waals surface area contributed by atoms with Crippen LogP contribution in [0.1, 0.15) is 11.3 Å². The molecule has 1 heterocycles. The average molecular weight is 261 g/mol. The Bertz CT molecular complexity index is 645. The van der Waals surface area contributed by atoms with Crippen LogP contribution in [0.2, 0.25) is 0 Å². The number of nitro groups is 1. The Morgan fingerprint density at radius 3 is 2.89 bits per heavy atom. The highest BCUT2D eigenvalue weighted by atomic mass is 32.2. The lowest BCUT2D eigenvalue weighted by molar-refractivity contribution is -0.385. The number of hydrogen-bond acceptors (Lipinski definition) is 6. The Hall–Kier alpha value is -2.33. The largest absolute Gasteiger partial charge is 0.439 e. The van der Waals surface area contributed by atoms with Gasteiger partial charge in [0.15, 0.2) is 0 Å². The van der Waals surface area contributed by atoms with E-state index in [0.29, 0.717) is 10.1 Å². The number of nitriles is 1. The van der Waals surface area contributed by atoms with Gasteiger partial charge in [-0.05, 0) is 30.8 Å². The van der Waals surface area contributed by atoms with Crippen LogP contribution in [0.3, 0.4) is 0 Å². The van der Waals surface area contributed by atoms with Crippen molar-refractivity contribution in [3.05, 3.63) is 45.8 Å². The van der Waals surface area contributed by atoms with Gasteiger partial charge in [-0.3, -0.25) is 10.1 Å². The molecule has 0 fully saturated rings. The molecule has 0 N–H and O–H groups in total. The summed E-state index contributed by atoms with van der Waals surface area (Å²) in [4.78, 5) is 14.9. The summed E-state index contributed by atoms with van der Waals surface area (Å²) in [6, 6.07) is 6.15. The van der Waals surface area contributed by atoms with Crippen LogP contribution in [0.4, 0.5) is 5.69 Å². The molecule has 0 spiro atoms. The fourth-order valence-electron chi connectivity index (χ4n) is 1.30. The maximum absolute atomic E-state index is 10.8. The first-order chi connectivity index (χ1) is 8.60. The first kappa shape index (κ1) is 12.1. The van der Waals surface area contributed by atoms with Crippen molar-refractivity contribution in [1.82, 2.24) is 4.98 Å². The maximum atomic E-state index is 10.8. The summed E-state index contributed by atoms with van der Waals surface area (Å²) >= 11 is 1.17. The lowest BCUT2D eigenvalue weighted by atomic mass is 10.2. The van der Waals surface area contributed by atoms with Crippen LogP contribution in [0.25, 0.3) is 0 Å². The van der Waals surface area contributed by atoms with E-state index in [1.807, 2.05) is 0 Å². The van der Waals surface area contributed by atoms with Crippen molar-refractivity contribution in [2.45, 2.75) is 17.0 Å². The van der Waals surface area contributed by atoms with Crippen molar-refractivity contribution in [3.63, 3.8) is 0 Å². The molecule has 0 saturated heterocycles. The molecule has 0 bridgehead atoms. The summed E-state index contributed by atoms with van der Waals surface area (Å²) < 4.78 is 5.14. The number of aromatic nitrogens is 1. The second-order valence-corrected chi connectivity index (χ2v) is 4.43. The third kappa shape index (κ3) is 2.49. The molecule has 18 heavy (non-hydrogen) atoms. The minimum atomic E-state index is -0.580. The van der Waals surface area contributed by atoms with E-state index in [4.69, 9.17) is 9.68 Å². The molecule has 90 valence electrons. The summed E-state index contributed by atoms with van der Waals surface area (Å²) in [5, 5.41) is 20.0. The molecular weight excluding hydrogens is 254 g/mol.